The van der Waals surface area contributed by atoms with Crippen LogP contribution in [0.15, 0.2) is 84.9 Å². The van der Waals surface area contributed by atoms with E-state index < -0.39 is 0 Å². The molecule has 3 heteroatoms. The summed E-state index contributed by atoms with van der Waals surface area (Å²) in [5.74, 6) is -0.545. The van der Waals surface area contributed by atoms with Crippen LogP contribution in [0.1, 0.15) is 16.1 Å². The van der Waals surface area contributed by atoms with Crippen molar-refractivity contribution >= 4 is 16.7 Å². The third kappa shape index (κ3) is 2.92. The number of benzene rings is 3. The van der Waals surface area contributed by atoms with Gasteiger partial charge >= 0.3 is 0 Å². The fourth-order valence-electron chi connectivity index (χ4n) is 2.88. The minimum Gasteiger partial charge on any atom is -0.287 e. The maximum atomic E-state index is 13.6. The number of fused-ring (bicyclic) bond motifs is 1. The van der Waals surface area contributed by atoms with Gasteiger partial charge in [-0.15, -0.1) is 0 Å². The first-order valence-corrected chi connectivity index (χ1v) is 7.98. The van der Waals surface area contributed by atoms with Crippen molar-refractivity contribution in [3.63, 3.8) is 0 Å². The summed E-state index contributed by atoms with van der Waals surface area (Å²) in [4.78, 5) is 17.5. The number of pyridine rings is 1. The van der Waals surface area contributed by atoms with E-state index >= 15 is 0 Å². The highest BCUT2D eigenvalue weighted by molar-refractivity contribution is 6.12. The predicted octanol–water partition coefficient (Wildman–Crippen LogP) is 5.27. The molecule has 0 fully saturated rings. The molecule has 0 bridgehead atoms. The molecule has 4 aromatic rings. The number of halogens is 1. The molecule has 0 saturated heterocycles. The zero-order valence-corrected chi connectivity index (χ0v) is 13.3. The van der Waals surface area contributed by atoms with Crippen molar-refractivity contribution in [1.29, 1.82) is 0 Å². The number of aromatic nitrogens is 1. The Hall–Kier alpha value is -3.33. The van der Waals surface area contributed by atoms with Gasteiger partial charge in [0.2, 0.25) is 5.78 Å². The van der Waals surface area contributed by atoms with Gasteiger partial charge in [0.1, 0.15) is 11.5 Å². The fourth-order valence-corrected chi connectivity index (χ4v) is 2.88. The average Bonchev–Trinajstić information content (AvgIpc) is 2.67. The average molecular weight is 327 g/mol. The Morgan fingerprint density at radius 1 is 0.800 bits per heavy atom. The molecule has 0 radical (unpaired) electrons. The molecule has 0 amide bonds. The van der Waals surface area contributed by atoms with Gasteiger partial charge in [-0.2, -0.15) is 0 Å². The molecule has 0 spiro atoms. The van der Waals surface area contributed by atoms with Gasteiger partial charge in [-0.05, 0) is 23.8 Å². The molecule has 120 valence electrons. The van der Waals surface area contributed by atoms with Gasteiger partial charge in [0, 0.05) is 22.6 Å². The third-order valence-corrected chi connectivity index (χ3v) is 4.12. The Bertz CT molecular complexity index is 1060. The van der Waals surface area contributed by atoms with Crippen molar-refractivity contribution in [3.8, 4) is 11.1 Å². The molecule has 0 saturated carbocycles. The molecule has 1 aromatic heterocycles. The zero-order chi connectivity index (χ0) is 17.2. The van der Waals surface area contributed by atoms with Crippen LogP contribution in [0.3, 0.4) is 0 Å². The number of hydrogen-bond acceptors (Lipinski definition) is 2. The van der Waals surface area contributed by atoms with Gasteiger partial charge in [-0.25, -0.2) is 9.37 Å². The summed E-state index contributed by atoms with van der Waals surface area (Å²) in [5.41, 5.74) is 3.01. The summed E-state index contributed by atoms with van der Waals surface area (Å²) in [5, 5.41) is 0.796. The highest BCUT2D eigenvalue weighted by atomic mass is 19.1. The van der Waals surface area contributed by atoms with Gasteiger partial charge < -0.3 is 0 Å². The molecule has 3 aromatic carbocycles. The van der Waals surface area contributed by atoms with E-state index in [4.69, 9.17) is 0 Å². The largest absolute Gasteiger partial charge is 0.287 e. The monoisotopic (exact) mass is 327 g/mol. The van der Waals surface area contributed by atoms with Gasteiger partial charge in [0.25, 0.3) is 0 Å². The second kappa shape index (κ2) is 6.29. The minimum atomic E-state index is -0.370. The quantitative estimate of drug-likeness (QED) is 0.480. The van der Waals surface area contributed by atoms with Crippen molar-refractivity contribution in [2.75, 3.05) is 0 Å². The maximum absolute atomic E-state index is 13.6. The number of carbonyl (C=O) groups excluding carboxylic acids is 1. The molecule has 25 heavy (non-hydrogen) atoms. The Balaban J connectivity index is 1.98. The van der Waals surface area contributed by atoms with Crippen molar-refractivity contribution in [2.24, 2.45) is 0 Å². The van der Waals surface area contributed by atoms with Crippen LogP contribution in [0.5, 0.6) is 0 Å². The lowest BCUT2D eigenvalue weighted by molar-refractivity contribution is 0.103. The lowest BCUT2D eigenvalue weighted by atomic mass is 9.97. The van der Waals surface area contributed by atoms with Crippen LogP contribution in [-0.4, -0.2) is 10.8 Å². The van der Waals surface area contributed by atoms with Crippen molar-refractivity contribution < 1.29 is 9.18 Å². The van der Waals surface area contributed by atoms with E-state index in [0.717, 1.165) is 16.5 Å². The molecule has 1 heterocycles. The van der Waals surface area contributed by atoms with E-state index in [1.165, 1.54) is 12.1 Å². The molecule has 0 unspecified atom stereocenters. The topological polar surface area (TPSA) is 30.0 Å². The Morgan fingerprint density at radius 3 is 2.20 bits per heavy atom. The molecule has 0 N–H and O–H groups in total. The number of carbonyl (C=O) groups is 1. The van der Waals surface area contributed by atoms with Crippen LogP contribution < -0.4 is 0 Å². The second-order valence-electron chi connectivity index (χ2n) is 5.78. The number of ketones is 1. The van der Waals surface area contributed by atoms with Crippen molar-refractivity contribution in [2.45, 2.75) is 0 Å². The van der Waals surface area contributed by atoms with Crippen LogP contribution >= 0.6 is 0 Å². The van der Waals surface area contributed by atoms with Gasteiger partial charge in [0.15, 0.2) is 0 Å². The fraction of sp³-hybridized carbons (Fsp3) is 0. The van der Waals surface area contributed by atoms with Crippen molar-refractivity contribution in [1.82, 2.24) is 4.98 Å². The van der Waals surface area contributed by atoms with E-state index in [-0.39, 0.29) is 11.6 Å². The van der Waals surface area contributed by atoms with Crippen LogP contribution in [0.4, 0.5) is 4.39 Å². The SMILES string of the molecule is O=C(c1ccccc1)c1nc2cc(F)ccc2cc1-c1ccccc1. The summed E-state index contributed by atoms with van der Waals surface area (Å²) in [7, 11) is 0. The first kappa shape index (κ1) is 15.2. The van der Waals surface area contributed by atoms with E-state index in [0.29, 0.717) is 16.8 Å². The molecule has 4 rings (SSSR count). The molecule has 0 aliphatic carbocycles. The van der Waals surface area contributed by atoms with Crippen LogP contribution in [0, 0.1) is 5.82 Å². The van der Waals surface area contributed by atoms with E-state index in [2.05, 4.69) is 4.98 Å². The summed E-state index contributed by atoms with van der Waals surface area (Å²) in [6.07, 6.45) is 0. The molecular weight excluding hydrogens is 313 g/mol. The van der Waals surface area contributed by atoms with E-state index in [1.807, 2.05) is 54.6 Å². The molecule has 0 aliphatic rings. The lowest BCUT2D eigenvalue weighted by Crippen LogP contribution is -2.07. The van der Waals surface area contributed by atoms with Crippen molar-refractivity contribution in [3.05, 3.63) is 102 Å². The Labute approximate surface area is 144 Å². The molecule has 0 aliphatic heterocycles. The Kier molecular flexibility index (Phi) is 3.82. The van der Waals surface area contributed by atoms with Gasteiger partial charge in [0.05, 0.1) is 5.52 Å². The minimum absolute atomic E-state index is 0.175. The van der Waals surface area contributed by atoms with Gasteiger partial charge in [-0.1, -0.05) is 60.7 Å². The highest BCUT2D eigenvalue weighted by Gasteiger charge is 2.18. The lowest BCUT2D eigenvalue weighted by Gasteiger charge is -2.11. The number of rotatable bonds is 3. The zero-order valence-electron chi connectivity index (χ0n) is 13.3. The second-order valence-corrected chi connectivity index (χ2v) is 5.78. The first-order chi connectivity index (χ1) is 12.2. The number of nitrogens with zero attached hydrogens (tertiary/aromatic N) is 1. The Morgan fingerprint density at radius 2 is 1.48 bits per heavy atom. The normalized spacial score (nSPS) is 10.8. The number of hydrogen-bond donors (Lipinski definition) is 0. The summed E-state index contributed by atoms with van der Waals surface area (Å²) >= 11 is 0. The smallest absolute Gasteiger partial charge is 0.212 e. The summed E-state index contributed by atoms with van der Waals surface area (Å²) in [6, 6.07) is 25.0. The summed E-state index contributed by atoms with van der Waals surface area (Å²) < 4.78 is 13.6. The first-order valence-electron chi connectivity index (χ1n) is 7.98. The predicted molar refractivity (Wildman–Crippen MR) is 97.0 cm³/mol. The third-order valence-electron chi connectivity index (χ3n) is 4.12. The van der Waals surface area contributed by atoms with Crippen LogP contribution in [0.2, 0.25) is 0 Å². The highest BCUT2D eigenvalue weighted by Crippen LogP contribution is 2.28. The maximum Gasteiger partial charge on any atom is 0.212 e. The van der Waals surface area contributed by atoms with Crippen LogP contribution in [-0.2, 0) is 0 Å². The molecule has 0 atom stereocenters. The molecule has 2 nitrogen and oxygen atoms in total. The van der Waals surface area contributed by atoms with Crippen LogP contribution in [0.25, 0.3) is 22.0 Å². The van der Waals surface area contributed by atoms with Gasteiger partial charge in [-0.3, -0.25) is 4.79 Å². The summed E-state index contributed by atoms with van der Waals surface area (Å²) in [6.45, 7) is 0. The van der Waals surface area contributed by atoms with E-state index in [9.17, 15) is 9.18 Å². The van der Waals surface area contributed by atoms with E-state index in [1.54, 1.807) is 18.2 Å². The standard InChI is InChI=1S/C22H14FNO/c23-18-12-11-17-13-19(15-7-3-1-4-8-15)21(24-20(17)14-18)22(25)16-9-5-2-6-10-16/h1-14H. The molecular formula is C22H14FNO.